The van der Waals surface area contributed by atoms with E-state index in [2.05, 4.69) is 5.32 Å². The maximum atomic E-state index is 12.0. The number of hydrogen-bond acceptors (Lipinski definition) is 3. The first-order valence-corrected chi connectivity index (χ1v) is 6.92. The predicted octanol–water partition coefficient (Wildman–Crippen LogP) is 1.44. The number of hydrogen-bond donors (Lipinski definition) is 1. The molecule has 1 aromatic rings. The number of likely N-dealkylation sites (tertiary alicyclic amines) is 1. The molecule has 1 aromatic heterocycles. The number of carbonyl (C=O) groups excluding carboxylic acids is 1. The molecular weight excluding hydrogens is 232 g/mol. The molecule has 1 amide bonds. The molecule has 4 heteroatoms. The minimum Gasteiger partial charge on any atom is -0.338 e. The van der Waals surface area contributed by atoms with Gasteiger partial charge < -0.3 is 10.2 Å². The van der Waals surface area contributed by atoms with Gasteiger partial charge in [-0.1, -0.05) is 6.07 Å². The average Bonchev–Trinajstić information content (AvgIpc) is 3.01. The lowest BCUT2D eigenvalue weighted by molar-refractivity contribution is -0.125. The Morgan fingerprint density at radius 1 is 1.41 bits per heavy atom. The van der Waals surface area contributed by atoms with Crippen molar-refractivity contribution < 1.29 is 4.79 Å². The van der Waals surface area contributed by atoms with E-state index in [9.17, 15) is 4.79 Å². The lowest BCUT2D eigenvalue weighted by atomic mass is 10.0. The fourth-order valence-corrected chi connectivity index (χ4v) is 3.30. The van der Waals surface area contributed by atoms with Crippen LogP contribution < -0.4 is 5.32 Å². The molecule has 0 saturated carbocycles. The molecule has 17 heavy (non-hydrogen) atoms. The summed E-state index contributed by atoms with van der Waals surface area (Å²) in [7, 11) is 0. The van der Waals surface area contributed by atoms with Crippen LogP contribution in [-0.2, 0) is 4.79 Å². The molecule has 2 atom stereocenters. The molecular formula is C13H16N2OS. The molecule has 0 bridgehead atoms. The topological polar surface area (TPSA) is 32.3 Å². The molecule has 2 aliphatic rings. The lowest BCUT2D eigenvalue weighted by Crippen LogP contribution is -2.30. The lowest BCUT2D eigenvalue weighted by Gasteiger charge is -2.14. The van der Waals surface area contributed by atoms with Crippen LogP contribution in [0.3, 0.4) is 0 Å². The maximum Gasteiger partial charge on any atom is 0.246 e. The highest BCUT2D eigenvalue weighted by atomic mass is 32.1. The summed E-state index contributed by atoms with van der Waals surface area (Å²) in [5, 5.41) is 5.41. The average molecular weight is 248 g/mol. The van der Waals surface area contributed by atoms with E-state index >= 15 is 0 Å². The Labute approximate surface area is 105 Å². The monoisotopic (exact) mass is 248 g/mol. The zero-order valence-electron chi connectivity index (χ0n) is 9.63. The SMILES string of the molecule is O=C(/C=C/c1cccs1)N1C[C@H]2CNC[C@H]2C1. The van der Waals surface area contributed by atoms with Crippen LogP contribution in [0.4, 0.5) is 0 Å². The van der Waals surface area contributed by atoms with Crippen LogP contribution in [0.1, 0.15) is 4.88 Å². The smallest absolute Gasteiger partial charge is 0.246 e. The maximum absolute atomic E-state index is 12.0. The van der Waals surface area contributed by atoms with Crippen LogP contribution in [0.2, 0.25) is 0 Å². The zero-order chi connectivity index (χ0) is 11.7. The molecule has 0 spiro atoms. The van der Waals surface area contributed by atoms with Crippen molar-refractivity contribution >= 4 is 23.3 Å². The summed E-state index contributed by atoms with van der Waals surface area (Å²) >= 11 is 1.66. The van der Waals surface area contributed by atoms with Gasteiger partial charge in [-0.05, 0) is 29.4 Å². The van der Waals surface area contributed by atoms with E-state index in [1.165, 1.54) is 0 Å². The van der Waals surface area contributed by atoms with Crippen LogP contribution in [0, 0.1) is 11.8 Å². The highest BCUT2D eigenvalue weighted by Crippen LogP contribution is 2.26. The molecule has 0 radical (unpaired) electrons. The number of rotatable bonds is 2. The molecule has 0 unspecified atom stereocenters. The van der Waals surface area contributed by atoms with Crippen LogP contribution in [0.15, 0.2) is 23.6 Å². The standard InChI is InChI=1S/C13H16N2OS/c16-13(4-3-12-2-1-5-17-12)15-8-10-6-14-7-11(10)9-15/h1-5,10-11,14H,6-9H2/b4-3+/t10-,11+. The minimum atomic E-state index is 0.160. The zero-order valence-corrected chi connectivity index (χ0v) is 10.5. The summed E-state index contributed by atoms with van der Waals surface area (Å²) in [5.41, 5.74) is 0. The molecule has 0 aliphatic carbocycles. The Kier molecular flexibility index (Phi) is 2.99. The second-order valence-corrected chi connectivity index (χ2v) is 5.75. The molecule has 2 fully saturated rings. The number of carbonyl (C=O) groups is 1. The summed E-state index contributed by atoms with van der Waals surface area (Å²) in [5.74, 6) is 1.51. The largest absolute Gasteiger partial charge is 0.338 e. The van der Waals surface area contributed by atoms with Crippen molar-refractivity contribution in [3.8, 4) is 0 Å². The van der Waals surface area contributed by atoms with Gasteiger partial charge in [-0.25, -0.2) is 0 Å². The van der Waals surface area contributed by atoms with Crippen LogP contribution >= 0.6 is 11.3 Å². The molecule has 3 heterocycles. The van der Waals surface area contributed by atoms with Gasteiger partial charge >= 0.3 is 0 Å². The van der Waals surface area contributed by atoms with Gasteiger partial charge in [0.2, 0.25) is 5.91 Å². The molecule has 3 nitrogen and oxygen atoms in total. The van der Waals surface area contributed by atoms with Crippen LogP contribution in [0.5, 0.6) is 0 Å². The highest BCUT2D eigenvalue weighted by molar-refractivity contribution is 7.10. The second-order valence-electron chi connectivity index (χ2n) is 4.77. The van der Waals surface area contributed by atoms with Crippen LogP contribution in [0.25, 0.3) is 6.08 Å². The fraction of sp³-hybridized carbons (Fsp3) is 0.462. The summed E-state index contributed by atoms with van der Waals surface area (Å²) in [6.07, 6.45) is 3.62. The number of nitrogens with one attached hydrogen (secondary N) is 1. The van der Waals surface area contributed by atoms with Gasteiger partial charge in [-0.3, -0.25) is 4.79 Å². The van der Waals surface area contributed by atoms with Crippen molar-refractivity contribution in [3.63, 3.8) is 0 Å². The first-order chi connectivity index (χ1) is 8.33. The second kappa shape index (κ2) is 4.63. The Hall–Kier alpha value is -1.13. The van der Waals surface area contributed by atoms with Gasteiger partial charge in [0.05, 0.1) is 0 Å². The summed E-state index contributed by atoms with van der Waals surface area (Å²) in [6.45, 7) is 3.99. The first kappa shape index (κ1) is 11.0. The van der Waals surface area contributed by atoms with Gasteiger partial charge in [-0.2, -0.15) is 0 Å². The minimum absolute atomic E-state index is 0.160. The van der Waals surface area contributed by atoms with Gasteiger partial charge in [0.25, 0.3) is 0 Å². The van der Waals surface area contributed by atoms with Gasteiger partial charge in [-0.15, -0.1) is 11.3 Å². The van der Waals surface area contributed by atoms with Crippen molar-refractivity contribution in [1.82, 2.24) is 10.2 Å². The molecule has 1 N–H and O–H groups in total. The van der Waals surface area contributed by atoms with E-state index in [0.29, 0.717) is 11.8 Å². The fourth-order valence-electron chi connectivity index (χ4n) is 2.68. The van der Waals surface area contributed by atoms with Gasteiger partial charge in [0.1, 0.15) is 0 Å². The van der Waals surface area contributed by atoms with Gasteiger partial charge in [0.15, 0.2) is 0 Å². The predicted molar refractivity (Wildman–Crippen MR) is 69.8 cm³/mol. The highest BCUT2D eigenvalue weighted by Gasteiger charge is 2.37. The van der Waals surface area contributed by atoms with E-state index in [1.807, 2.05) is 28.5 Å². The Bertz CT molecular complexity index is 415. The Balaban J connectivity index is 1.60. The Morgan fingerprint density at radius 2 is 2.18 bits per heavy atom. The third kappa shape index (κ3) is 2.28. The molecule has 2 saturated heterocycles. The number of thiophene rings is 1. The van der Waals surface area contributed by atoms with Gasteiger partial charge in [0, 0.05) is 37.1 Å². The van der Waals surface area contributed by atoms with Crippen molar-refractivity contribution in [1.29, 1.82) is 0 Å². The van der Waals surface area contributed by atoms with E-state index in [1.54, 1.807) is 17.4 Å². The quantitative estimate of drug-likeness (QED) is 0.803. The Morgan fingerprint density at radius 3 is 2.82 bits per heavy atom. The van der Waals surface area contributed by atoms with E-state index in [0.717, 1.165) is 31.1 Å². The summed E-state index contributed by atoms with van der Waals surface area (Å²) in [6, 6.07) is 4.03. The summed E-state index contributed by atoms with van der Waals surface area (Å²) in [4.78, 5) is 15.1. The molecule has 90 valence electrons. The molecule has 0 aromatic carbocycles. The third-order valence-corrected chi connectivity index (χ3v) is 4.47. The van der Waals surface area contributed by atoms with Crippen LogP contribution in [-0.4, -0.2) is 37.0 Å². The van der Waals surface area contributed by atoms with E-state index < -0.39 is 0 Å². The molecule has 3 rings (SSSR count). The number of fused-ring (bicyclic) bond motifs is 1. The van der Waals surface area contributed by atoms with E-state index in [4.69, 9.17) is 0 Å². The van der Waals surface area contributed by atoms with E-state index in [-0.39, 0.29) is 5.91 Å². The van der Waals surface area contributed by atoms with Crippen molar-refractivity contribution in [3.05, 3.63) is 28.5 Å². The molecule has 2 aliphatic heterocycles. The number of nitrogens with zero attached hydrogens (tertiary/aromatic N) is 1. The normalized spacial score (nSPS) is 27.9. The first-order valence-electron chi connectivity index (χ1n) is 6.04. The van der Waals surface area contributed by atoms with Crippen molar-refractivity contribution in [2.75, 3.05) is 26.2 Å². The number of amides is 1. The third-order valence-electron chi connectivity index (χ3n) is 3.63. The van der Waals surface area contributed by atoms with Crippen molar-refractivity contribution in [2.24, 2.45) is 11.8 Å². The van der Waals surface area contributed by atoms with Crippen molar-refractivity contribution in [2.45, 2.75) is 0 Å². The summed E-state index contributed by atoms with van der Waals surface area (Å²) < 4.78 is 0.